The first-order chi connectivity index (χ1) is 12.3. The molecule has 0 spiro atoms. The molecule has 0 radical (unpaired) electrons. The molecule has 2 unspecified atom stereocenters. The van der Waals surface area contributed by atoms with Crippen LogP contribution in [0.3, 0.4) is 0 Å². The van der Waals surface area contributed by atoms with Crippen molar-refractivity contribution < 1.29 is 34.5 Å². The van der Waals surface area contributed by atoms with E-state index >= 15 is 0 Å². The van der Waals surface area contributed by atoms with Crippen molar-refractivity contribution in [3.8, 4) is 11.5 Å². The molecule has 0 fully saturated rings. The second-order valence-corrected chi connectivity index (χ2v) is 6.06. The minimum atomic E-state index is -1.20. The molecule has 5 N–H and O–H groups in total. The van der Waals surface area contributed by atoms with Crippen LogP contribution in [0, 0.1) is 0 Å². The number of Topliss-reactive ketones (excluding diaryl/α,β-unsaturated/α-hetero) is 3. The normalized spacial score (nSPS) is 22.5. The van der Waals surface area contributed by atoms with E-state index in [1.54, 1.807) is 0 Å². The highest BCUT2D eigenvalue weighted by atomic mass is 16.3. The lowest BCUT2D eigenvalue weighted by atomic mass is 9.85. The molecular weight excluding hydrogens is 344 g/mol. The zero-order valence-corrected chi connectivity index (χ0v) is 13.5. The van der Waals surface area contributed by atoms with Crippen LogP contribution in [-0.4, -0.2) is 57.3 Å². The van der Waals surface area contributed by atoms with Crippen LogP contribution < -0.4 is 10.6 Å². The molecule has 26 heavy (non-hydrogen) atoms. The minimum Gasteiger partial charge on any atom is -0.507 e. The molecule has 0 saturated carbocycles. The van der Waals surface area contributed by atoms with E-state index in [1.807, 2.05) is 0 Å². The van der Waals surface area contributed by atoms with Crippen molar-refractivity contribution in [3.63, 3.8) is 0 Å². The Balaban J connectivity index is 1.73. The van der Waals surface area contributed by atoms with Crippen LogP contribution in [0.4, 0.5) is 0 Å². The van der Waals surface area contributed by atoms with Gasteiger partial charge in [0.1, 0.15) is 17.6 Å². The fourth-order valence-corrected chi connectivity index (χ4v) is 2.93. The van der Waals surface area contributed by atoms with Crippen molar-refractivity contribution >= 4 is 23.3 Å². The number of aliphatic hydroxyl groups excluding tert-OH is 1. The first-order valence-corrected chi connectivity index (χ1v) is 7.87. The fraction of sp³-hybridized carbons (Fsp3) is 0.294. The second kappa shape index (κ2) is 6.70. The van der Waals surface area contributed by atoms with Crippen LogP contribution in [0.2, 0.25) is 0 Å². The number of nitrogens with one attached hydrogen (secondary N) is 2. The summed E-state index contributed by atoms with van der Waals surface area (Å²) in [7, 11) is 0. The van der Waals surface area contributed by atoms with Gasteiger partial charge in [0.25, 0.3) is 5.91 Å². The zero-order chi connectivity index (χ0) is 19.0. The molecular formula is C17H16N2O7. The number of hydrogen-bond acceptors (Lipinski definition) is 8. The summed E-state index contributed by atoms with van der Waals surface area (Å²) in [6, 6.07) is 1.20. The Morgan fingerprint density at radius 3 is 2.46 bits per heavy atom. The van der Waals surface area contributed by atoms with E-state index in [9.17, 15) is 34.5 Å². The Bertz CT molecular complexity index is 859. The smallest absolute Gasteiger partial charge is 0.253 e. The van der Waals surface area contributed by atoms with Crippen molar-refractivity contribution in [2.75, 3.05) is 6.54 Å². The Kier molecular flexibility index (Phi) is 4.58. The number of fused-ring (bicyclic) bond motifs is 1. The predicted molar refractivity (Wildman–Crippen MR) is 86.7 cm³/mol. The summed E-state index contributed by atoms with van der Waals surface area (Å²) < 4.78 is 0. The molecule has 1 aliphatic heterocycles. The zero-order valence-electron chi connectivity index (χ0n) is 13.5. The standard InChI is InChI=1S/C17H16N2O7/c20-9-3-4-10(21)15-14(9)12(23)5-8(16(15)25)18-6-13(24)7-1-2-11(22)17(26)19-7/h1,3-4,8,11,18,20-22H,2,5-6H2,(H,19,26). The quantitative estimate of drug-likeness (QED) is 0.436. The highest BCUT2D eigenvalue weighted by molar-refractivity contribution is 6.19. The molecule has 0 bridgehead atoms. The topological polar surface area (TPSA) is 153 Å². The van der Waals surface area contributed by atoms with Crippen LogP contribution in [0.5, 0.6) is 11.5 Å². The number of carbonyl (C=O) groups is 4. The number of aliphatic hydroxyl groups is 1. The maximum absolute atomic E-state index is 12.5. The first kappa shape index (κ1) is 17.8. The van der Waals surface area contributed by atoms with E-state index in [1.165, 1.54) is 6.08 Å². The Hall–Kier alpha value is -3.04. The number of benzene rings is 1. The molecule has 2 atom stereocenters. The molecule has 9 heteroatoms. The summed E-state index contributed by atoms with van der Waals surface area (Å²) in [5.41, 5.74) is -0.501. The van der Waals surface area contributed by atoms with E-state index in [0.29, 0.717) is 0 Å². The van der Waals surface area contributed by atoms with Gasteiger partial charge in [-0.3, -0.25) is 24.5 Å². The predicted octanol–water partition coefficient (Wildman–Crippen LogP) is -0.841. The third kappa shape index (κ3) is 3.09. The van der Waals surface area contributed by atoms with Crippen molar-refractivity contribution in [1.82, 2.24) is 10.6 Å². The van der Waals surface area contributed by atoms with E-state index in [-0.39, 0.29) is 42.0 Å². The maximum atomic E-state index is 12.5. The molecule has 1 amide bonds. The van der Waals surface area contributed by atoms with Crippen molar-refractivity contribution in [1.29, 1.82) is 0 Å². The summed E-state index contributed by atoms with van der Waals surface area (Å²) in [5, 5.41) is 33.8. The average molecular weight is 360 g/mol. The van der Waals surface area contributed by atoms with Gasteiger partial charge in [-0.2, -0.15) is 0 Å². The largest absolute Gasteiger partial charge is 0.507 e. The van der Waals surface area contributed by atoms with Crippen molar-refractivity contribution in [2.24, 2.45) is 0 Å². The third-order valence-corrected chi connectivity index (χ3v) is 4.31. The lowest BCUT2D eigenvalue weighted by Gasteiger charge is -2.25. The van der Waals surface area contributed by atoms with E-state index in [0.717, 1.165) is 12.1 Å². The lowest BCUT2D eigenvalue weighted by molar-refractivity contribution is -0.130. The van der Waals surface area contributed by atoms with Gasteiger partial charge in [0, 0.05) is 12.8 Å². The second-order valence-electron chi connectivity index (χ2n) is 6.06. The van der Waals surface area contributed by atoms with E-state index < -0.39 is 41.2 Å². The van der Waals surface area contributed by atoms with Crippen LogP contribution >= 0.6 is 0 Å². The van der Waals surface area contributed by atoms with Gasteiger partial charge >= 0.3 is 0 Å². The van der Waals surface area contributed by atoms with Crippen molar-refractivity contribution in [2.45, 2.75) is 25.0 Å². The van der Waals surface area contributed by atoms with Crippen LogP contribution in [0.1, 0.15) is 33.6 Å². The van der Waals surface area contributed by atoms with E-state index in [2.05, 4.69) is 10.6 Å². The molecule has 1 aromatic carbocycles. The molecule has 9 nitrogen and oxygen atoms in total. The number of carbonyl (C=O) groups excluding carboxylic acids is 4. The highest BCUT2D eigenvalue weighted by Crippen LogP contribution is 2.34. The first-order valence-electron chi connectivity index (χ1n) is 7.87. The number of ketones is 3. The van der Waals surface area contributed by atoms with Gasteiger partial charge < -0.3 is 20.6 Å². The number of aromatic hydroxyl groups is 2. The summed E-state index contributed by atoms with van der Waals surface area (Å²) >= 11 is 0. The molecule has 1 aliphatic carbocycles. The van der Waals surface area contributed by atoms with E-state index in [4.69, 9.17) is 0 Å². The molecule has 136 valence electrons. The number of phenolic OH excluding ortho intramolecular Hbond substituents is 2. The number of amides is 1. The Morgan fingerprint density at radius 2 is 1.81 bits per heavy atom. The van der Waals surface area contributed by atoms with Gasteiger partial charge in [0.05, 0.1) is 29.4 Å². The third-order valence-electron chi connectivity index (χ3n) is 4.31. The SMILES string of the molecule is O=C(CNC1CC(=O)c2c(O)ccc(O)c2C1=O)C1=CCC(O)C(=O)N1. The Morgan fingerprint density at radius 1 is 1.15 bits per heavy atom. The van der Waals surface area contributed by atoms with Gasteiger partial charge in [-0.25, -0.2) is 0 Å². The van der Waals surface area contributed by atoms with Crippen molar-refractivity contribution in [3.05, 3.63) is 35.0 Å². The summed E-state index contributed by atoms with van der Waals surface area (Å²) in [6.45, 7) is -0.333. The van der Waals surface area contributed by atoms with Crippen LogP contribution in [-0.2, 0) is 9.59 Å². The van der Waals surface area contributed by atoms with Crippen LogP contribution in [0.15, 0.2) is 23.9 Å². The number of phenols is 2. The van der Waals surface area contributed by atoms with Crippen LogP contribution in [0.25, 0.3) is 0 Å². The minimum absolute atomic E-state index is 0.00303. The molecule has 2 aliphatic rings. The number of rotatable bonds is 4. The summed E-state index contributed by atoms with van der Waals surface area (Å²) in [4.78, 5) is 48.2. The van der Waals surface area contributed by atoms with Gasteiger partial charge in [-0.1, -0.05) is 6.08 Å². The highest BCUT2D eigenvalue weighted by Gasteiger charge is 2.37. The van der Waals surface area contributed by atoms with Gasteiger partial charge in [0.15, 0.2) is 17.3 Å². The number of hydrogen-bond donors (Lipinski definition) is 5. The molecule has 0 saturated heterocycles. The average Bonchev–Trinajstić information content (AvgIpc) is 2.60. The summed E-state index contributed by atoms with van der Waals surface area (Å²) in [6.07, 6.45) is -0.0957. The van der Waals surface area contributed by atoms with Gasteiger partial charge in [-0.15, -0.1) is 0 Å². The fourth-order valence-electron chi connectivity index (χ4n) is 2.93. The Labute approximate surface area is 147 Å². The molecule has 3 rings (SSSR count). The summed E-state index contributed by atoms with van der Waals surface area (Å²) in [5.74, 6) is -3.17. The lowest BCUT2D eigenvalue weighted by Crippen LogP contribution is -2.46. The molecule has 1 aromatic rings. The van der Waals surface area contributed by atoms with Gasteiger partial charge in [0.2, 0.25) is 0 Å². The molecule has 1 heterocycles. The maximum Gasteiger partial charge on any atom is 0.253 e. The van der Waals surface area contributed by atoms with Gasteiger partial charge in [-0.05, 0) is 12.1 Å². The monoisotopic (exact) mass is 360 g/mol. The molecule has 0 aromatic heterocycles.